The Labute approximate surface area is 101 Å². The van der Waals surface area contributed by atoms with Crippen LogP contribution in [0.5, 0.6) is 0 Å². The number of nitrogens with two attached hydrogens (primary N) is 1. The van der Waals surface area contributed by atoms with E-state index in [1.54, 1.807) is 0 Å². The minimum atomic E-state index is 0.811. The Kier molecular flexibility index (Phi) is 7.01. The zero-order chi connectivity index (χ0) is 11.8. The molecule has 0 spiro atoms. The second kappa shape index (κ2) is 8.04. The van der Waals surface area contributed by atoms with Crippen molar-refractivity contribution < 1.29 is 0 Å². The first-order chi connectivity index (χ1) is 7.81. The Balaban J connectivity index is 2.17. The van der Waals surface area contributed by atoms with E-state index in [0.29, 0.717) is 0 Å². The lowest BCUT2D eigenvalue weighted by molar-refractivity contribution is 0.0912. The second-order valence-corrected chi connectivity index (χ2v) is 4.84. The number of rotatable bonds is 7. The van der Waals surface area contributed by atoms with E-state index in [1.807, 2.05) is 0 Å². The van der Waals surface area contributed by atoms with Gasteiger partial charge in [-0.15, -0.1) is 0 Å². The monoisotopic (exact) mass is 227 g/mol. The van der Waals surface area contributed by atoms with Crippen molar-refractivity contribution in [1.29, 1.82) is 0 Å². The van der Waals surface area contributed by atoms with Gasteiger partial charge in [0.1, 0.15) is 0 Å². The molecule has 0 radical (unpaired) electrons. The largest absolute Gasteiger partial charge is 0.330 e. The molecule has 2 N–H and O–H groups in total. The second-order valence-electron chi connectivity index (χ2n) is 4.84. The highest BCUT2D eigenvalue weighted by atomic mass is 15.3. The van der Waals surface area contributed by atoms with Crippen molar-refractivity contribution in [2.45, 2.75) is 45.6 Å². The first kappa shape index (κ1) is 13.9. The van der Waals surface area contributed by atoms with E-state index in [-0.39, 0.29) is 0 Å². The van der Waals surface area contributed by atoms with Crippen molar-refractivity contribution in [3.05, 3.63) is 0 Å². The molecule has 0 saturated carbocycles. The van der Waals surface area contributed by atoms with Gasteiger partial charge in [0, 0.05) is 32.2 Å². The van der Waals surface area contributed by atoms with E-state index in [2.05, 4.69) is 23.6 Å². The van der Waals surface area contributed by atoms with Crippen LogP contribution in [0.1, 0.15) is 39.5 Å². The molecule has 96 valence electrons. The molecule has 1 rings (SSSR count). The Bertz CT molecular complexity index is 161. The summed E-state index contributed by atoms with van der Waals surface area (Å²) < 4.78 is 0. The van der Waals surface area contributed by atoms with Crippen LogP contribution in [-0.4, -0.2) is 55.1 Å². The van der Waals surface area contributed by atoms with Crippen LogP contribution in [0.25, 0.3) is 0 Å². The van der Waals surface area contributed by atoms with E-state index in [1.165, 1.54) is 58.4 Å². The third kappa shape index (κ3) is 4.40. The molecular formula is C13H29N3. The average molecular weight is 227 g/mol. The summed E-state index contributed by atoms with van der Waals surface area (Å²) in [4.78, 5) is 5.26. The summed E-state index contributed by atoms with van der Waals surface area (Å²) in [5, 5.41) is 0. The molecule has 0 aromatic rings. The van der Waals surface area contributed by atoms with E-state index in [4.69, 9.17) is 5.73 Å². The molecule has 0 aliphatic carbocycles. The fourth-order valence-corrected chi connectivity index (χ4v) is 2.64. The minimum absolute atomic E-state index is 0.811. The Morgan fingerprint density at radius 1 is 1.00 bits per heavy atom. The van der Waals surface area contributed by atoms with Crippen molar-refractivity contribution in [3.8, 4) is 0 Å². The highest BCUT2D eigenvalue weighted by Gasteiger charge is 2.20. The van der Waals surface area contributed by atoms with Crippen LogP contribution in [0, 0.1) is 0 Å². The molecule has 1 heterocycles. The van der Waals surface area contributed by atoms with Gasteiger partial charge in [-0.05, 0) is 38.8 Å². The summed E-state index contributed by atoms with van der Waals surface area (Å²) in [7, 11) is 0. The van der Waals surface area contributed by atoms with Crippen molar-refractivity contribution in [3.63, 3.8) is 0 Å². The van der Waals surface area contributed by atoms with Gasteiger partial charge in [0.25, 0.3) is 0 Å². The Hall–Kier alpha value is -0.120. The molecule has 16 heavy (non-hydrogen) atoms. The molecule has 0 atom stereocenters. The molecule has 3 heteroatoms. The van der Waals surface area contributed by atoms with Gasteiger partial charge in [0.05, 0.1) is 0 Å². The topological polar surface area (TPSA) is 32.5 Å². The van der Waals surface area contributed by atoms with Crippen molar-refractivity contribution in [1.82, 2.24) is 9.80 Å². The Morgan fingerprint density at radius 3 is 2.12 bits per heavy atom. The fraction of sp³-hybridized carbons (Fsp3) is 1.00. The summed E-state index contributed by atoms with van der Waals surface area (Å²) in [5.74, 6) is 0. The number of hydrogen-bond donors (Lipinski definition) is 1. The van der Waals surface area contributed by atoms with Gasteiger partial charge >= 0.3 is 0 Å². The van der Waals surface area contributed by atoms with Gasteiger partial charge in [-0.3, -0.25) is 4.90 Å². The summed E-state index contributed by atoms with van der Waals surface area (Å²) in [5.41, 5.74) is 5.52. The lowest BCUT2D eigenvalue weighted by Gasteiger charge is -2.38. The van der Waals surface area contributed by atoms with E-state index in [0.717, 1.165) is 12.6 Å². The summed E-state index contributed by atoms with van der Waals surface area (Å²) in [6.45, 7) is 11.7. The smallest absolute Gasteiger partial charge is 0.0113 e. The van der Waals surface area contributed by atoms with Gasteiger partial charge in [0.15, 0.2) is 0 Å². The third-order valence-corrected chi connectivity index (χ3v) is 3.79. The Morgan fingerprint density at radius 2 is 1.62 bits per heavy atom. The quantitative estimate of drug-likeness (QED) is 0.670. The first-order valence-corrected chi connectivity index (χ1v) is 6.98. The van der Waals surface area contributed by atoms with E-state index >= 15 is 0 Å². The molecule has 0 bridgehead atoms. The maximum Gasteiger partial charge on any atom is 0.0113 e. The normalized spacial score (nSPS) is 19.5. The van der Waals surface area contributed by atoms with Crippen LogP contribution in [0.4, 0.5) is 0 Å². The number of unbranched alkanes of at least 4 members (excludes halogenated alkanes) is 1. The maximum absolute atomic E-state index is 5.52. The van der Waals surface area contributed by atoms with Crippen LogP contribution < -0.4 is 5.73 Å². The highest BCUT2D eigenvalue weighted by molar-refractivity contribution is 4.77. The zero-order valence-corrected chi connectivity index (χ0v) is 11.1. The maximum atomic E-state index is 5.52. The molecule has 1 saturated heterocycles. The molecule has 0 amide bonds. The van der Waals surface area contributed by atoms with Gasteiger partial charge in [-0.1, -0.05) is 13.8 Å². The van der Waals surface area contributed by atoms with Crippen LogP contribution >= 0.6 is 0 Å². The first-order valence-electron chi connectivity index (χ1n) is 6.98. The number of piperazine rings is 1. The SMILES string of the molecule is CCC(CC)N1CCN(CCCCN)CC1. The molecule has 0 aromatic carbocycles. The van der Waals surface area contributed by atoms with Crippen molar-refractivity contribution in [2.75, 3.05) is 39.3 Å². The molecule has 0 unspecified atom stereocenters. The standard InChI is InChI=1S/C13H29N3/c1-3-13(4-2)16-11-9-15(10-12-16)8-6-5-7-14/h13H,3-12,14H2,1-2H3. The van der Waals surface area contributed by atoms with E-state index < -0.39 is 0 Å². The molecule has 1 fully saturated rings. The van der Waals surface area contributed by atoms with Crippen LogP contribution in [-0.2, 0) is 0 Å². The van der Waals surface area contributed by atoms with E-state index in [9.17, 15) is 0 Å². The zero-order valence-electron chi connectivity index (χ0n) is 11.1. The van der Waals surface area contributed by atoms with Crippen LogP contribution in [0.3, 0.4) is 0 Å². The van der Waals surface area contributed by atoms with Crippen LogP contribution in [0.15, 0.2) is 0 Å². The molecule has 1 aliphatic heterocycles. The fourth-order valence-electron chi connectivity index (χ4n) is 2.64. The lowest BCUT2D eigenvalue weighted by atomic mass is 10.1. The summed E-state index contributed by atoms with van der Waals surface area (Å²) in [6.07, 6.45) is 5.03. The molecule has 1 aliphatic rings. The number of nitrogens with zero attached hydrogens (tertiary/aromatic N) is 2. The summed E-state index contributed by atoms with van der Waals surface area (Å²) >= 11 is 0. The lowest BCUT2D eigenvalue weighted by Crippen LogP contribution is -2.50. The van der Waals surface area contributed by atoms with Gasteiger partial charge in [0.2, 0.25) is 0 Å². The highest BCUT2D eigenvalue weighted by Crippen LogP contribution is 2.12. The van der Waals surface area contributed by atoms with Gasteiger partial charge in [-0.25, -0.2) is 0 Å². The molecule has 0 aromatic heterocycles. The number of hydrogen-bond acceptors (Lipinski definition) is 3. The summed E-state index contributed by atoms with van der Waals surface area (Å²) in [6, 6.07) is 0.811. The predicted molar refractivity (Wildman–Crippen MR) is 70.7 cm³/mol. The third-order valence-electron chi connectivity index (χ3n) is 3.79. The molecular weight excluding hydrogens is 198 g/mol. The van der Waals surface area contributed by atoms with Crippen molar-refractivity contribution in [2.24, 2.45) is 5.73 Å². The van der Waals surface area contributed by atoms with Crippen molar-refractivity contribution >= 4 is 0 Å². The van der Waals surface area contributed by atoms with Gasteiger partial charge < -0.3 is 10.6 Å². The van der Waals surface area contributed by atoms with Crippen LogP contribution in [0.2, 0.25) is 0 Å². The predicted octanol–water partition coefficient (Wildman–Crippen LogP) is 1.53. The van der Waals surface area contributed by atoms with Gasteiger partial charge in [-0.2, -0.15) is 0 Å². The average Bonchev–Trinajstić information content (AvgIpc) is 2.33. The molecule has 3 nitrogen and oxygen atoms in total. The minimum Gasteiger partial charge on any atom is -0.330 e.